The maximum Gasteiger partial charge on any atom is 0.335 e. The van der Waals surface area contributed by atoms with Crippen LogP contribution in [0.5, 0.6) is 5.75 Å². The second kappa shape index (κ2) is 18.5. The van der Waals surface area contributed by atoms with Crippen LogP contribution in [0, 0.1) is 0 Å². The summed E-state index contributed by atoms with van der Waals surface area (Å²) in [4.78, 5) is 23.3. The number of unbranched alkanes of at least 4 members (excludes halogenated alkanes) is 3. The summed E-state index contributed by atoms with van der Waals surface area (Å²) in [6.07, 6.45) is 7.68. The fourth-order valence-electron chi connectivity index (χ4n) is 4.69. The minimum atomic E-state index is -0.566. The maximum absolute atomic E-state index is 11.7. The monoisotopic (exact) mass is 598 g/mol. The van der Waals surface area contributed by atoms with Gasteiger partial charge in [-0.15, -0.1) is 0 Å². The Labute approximate surface area is 262 Å². The van der Waals surface area contributed by atoms with Crippen LogP contribution in [0.3, 0.4) is 0 Å². The predicted molar refractivity (Wildman–Crippen MR) is 177 cm³/mol. The molecule has 0 spiro atoms. The normalized spacial score (nSPS) is 10.7. The molecule has 3 aromatic carbocycles. The molecule has 1 N–H and O–H groups in total. The molecule has 0 aliphatic rings. The molecule has 234 valence electrons. The third-order valence-electron chi connectivity index (χ3n) is 7.29. The third-order valence-corrected chi connectivity index (χ3v) is 7.29. The van der Waals surface area contributed by atoms with E-state index in [9.17, 15) is 9.59 Å². The van der Waals surface area contributed by atoms with E-state index in [1.165, 1.54) is 36.0 Å². The lowest BCUT2D eigenvalue weighted by atomic mass is 9.91. The molecule has 3 rings (SSSR count). The van der Waals surface area contributed by atoms with Gasteiger partial charge in [-0.1, -0.05) is 87.5 Å². The summed E-state index contributed by atoms with van der Waals surface area (Å²) in [7, 11) is 0. The average molecular weight is 599 g/mol. The average Bonchev–Trinajstić information content (AvgIpc) is 3.04. The highest BCUT2D eigenvalue weighted by Gasteiger charge is 2.11. The topological polar surface area (TPSA) is 82.1 Å². The first kappa shape index (κ1) is 34.3. The summed E-state index contributed by atoms with van der Waals surface area (Å²) in [6.45, 7) is 11.7. The molecule has 0 bridgehead atoms. The first-order valence-corrected chi connectivity index (χ1v) is 15.6. The number of benzene rings is 3. The Hall–Kier alpha value is -4.16. The van der Waals surface area contributed by atoms with Gasteiger partial charge in [0, 0.05) is 5.57 Å². The van der Waals surface area contributed by atoms with Crippen LogP contribution in [0.1, 0.15) is 63.5 Å². The Bertz CT molecular complexity index is 1370. The van der Waals surface area contributed by atoms with Gasteiger partial charge in [0.15, 0.2) is 0 Å². The van der Waals surface area contributed by atoms with E-state index >= 15 is 0 Å². The molecule has 0 fully saturated rings. The number of aliphatic hydroxyl groups excluding tert-OH is 1. The molecule has 0 saturated heterocycles. The van der Waals surface area contributed by atoms with Crippen LogP contribution in [0.2, 0.25) is 0 Å². The molecule has 0 amide bonds. The summed E-state index contributed by atoms with van der Waals surface area (Å²) in [5, 5.41) is 8.93. The molecule has 6 nitrogen and oxygen atoms in total. The van der Waals surface area contributed by atoms with Gasteiger partial charge in [0.1, 0.15) is 5.75 Å². The van der Waals surface area contributed by atoms with Crippen molar-refractivity contribution >= 4 is 11.9 Å². The van der Waals surface area contributed by atoms with Crippen LogP contribution >= 0.6 is 0 Å². The molecule has 0 unspecified atom stereocenters. The van der Waals surface area contributed by atoms with Crippen molar-refractivity contribution in [3.05, 3.63) is 102 Å². The van der Waals surface area contributed by atoms with Crippen molar-refractivity contribution in [2.24, 2.45) is 0 Å². The number of hydrogen-bond donors (Lipinski definition) is 1. The lowest BCUT2D eigenvalue weighted by Crippen LogP contribution is -2.11. The van der Waals surface area contributed by atoms with E-state index in [2.05, 4.69) is 74.7 Å². The number of carbonyl (C=O) groups is 2. The quantitative estimate of drug-likeness (QED) is 0.0854. The largest absolute Gasteiger partial charge is 0.494 e. The molecule has 0 aliphatic heterocycles. The van der Waals surface area contributed by atoms with E-state index in [0.717, 1.165) is 48.1 Å². The van der Waals surface area contributed by atoms with E-state index in [4.69, 9.17) is 19.3 Å². The summed E-state index contributed by atoms with van der Waals surface area (Å²) >= 11 is 0. The summed E-state index contributed by atoms with van der Waals surface area (Å²) in [5.74, 6) is -0.138. The van der Waals surface area contributed by atoms with Gasteiger partial charge in [-0.2, -0.15) is 0 Å². The minimum Gasteiger partial charge on any atom is -0.494 e. The molecule has 0 atom stereocenters. The van der Waals surface area contributed by atoms with Gasteiger partial charge < -0.3 is 19.3 Å². The van der Waals surface area contributed by atoms with E-state index in [1.807, 2.05) is 12.1 Å². The van der Waals surface area contributed by atoms with Gasteiger partial charge in [-0.25, -0.2) is 9.59 Å². The van der Waals surface area contributed by atoms with Gasteiger partial charge in [0.05, 0.1) is 32.0 Å². The first-order chi connectivity index (χ1) is 21.3. The van der Waals surface area contributed by atoms with Crippen LogP contribution in [0.15, 0.2) is 91.0 Å². The van der Waals surface area contributed by atoms with Crippen molar-refractivity contribution in [3.8, 4) is 28.0 Å². The molecule has 6 heteroatoms. The smallest absolute Gasteiger partial charge is 0.335 e. The van der Waals surface area contributed by atoms with Crippen LogP contribution in [-0.2, 0) is 31.9 Å². The van der Waals surface area contributed by atoms with Crippen LogP contribution in [-0.4, -0.2) is 43.5 Å². The number of esters is 2. The van der Waals surface area contributed by atoms with Gasteiger partial charge in [0.2, 0.25) is 0 Å². The molecular formula is C38H46O6. The lowest BCUT2D eigenvalue weighted by Gasteiger charge is -2.14. The Balaban J connectivity index is 1.68. The number of aryl methyl sites for hydroxylation is 2. The van der Waals surface area contributed by atoms with Crippen molar-refractivity contribution in [2.45, 2.75) is 65.2 Å². The highest BCUT2D eigenvalue weighted by atomic mass is 16.5. The second-order valence-corrected chi connectivity index (χ2v) is 11.0. The second-order valence-electron chi connectivity index (χ2n) is 11.0. The van der Waals surface area contributed by atoms with Crippen molar-refractivity contribution in [2.75, 3.05) is 26.4 Å². The first-order valence-electron chi connectivity index (χ1n) is 15.6. The summed E-state index contributed by atoms with van der Waals surface area (Å²) in [5.41, 5.74) is 7.57. The van der Waals surface area contributed by atoms with Gasteiger partial charge in [-0.05, 0) is 91.0 Å². The van der Waals surface area contributed by atoms with Crippen molar-refractivity contribution < 1.29 is 28.9 Å². The molecule has 0 heterocycles. The van der Waals surface area contributed by atoms with Crippen LogP contribution in [0.4, 0.5) is 0 Å². The highest BCUT2D eigenvalue weighted by molar-refractivity contribution is 5.88. The third kappa shape index (κ3) is 11.2. The Morgan fingerprint density at radius 3 is 1.95 bits per heavy atom. The predicted octanol–water partition coefficient (Wildman–Crippen LogP) is 8.06. The molecule has 0 saturated carbocycles. The molecular weight excluding hydrogens is 552 g/mol. The fraction of sp³-hybridized carbons (Fsp3) is 0.368. The fourth-order valence-corrected chi connectivity index (χ4v) is 4.69. The minimum absolute atomic E-state index is 0.0557. The van der Waals surface area contributed by atoms with Crippen molar-refractivity contribution in [1.82, 2.24) is 0 Å². The number of hydrogen-bond acceptors (Lipinski definition) is 6. The summed E-state index contributed by atoms with van der Waals surface area (Å²) < 4.78 is 16.3. The van der Waals surface area contributed by atoms with E-state index in [-0.39, 0.29) is 18.1 Å². The maximum atomic E-state index is 11.7. The molecule has 3 aromatic rings. The van der Waals surface area contributed by atoms with Crippen molar-refractivity contribution in [3.63, 3.8) is 0 Å². The number of rotatable bonds is 19. The molecule has 44 heavy (non-hydrogen) atoms. The van der Waals surface area contributed by atoms with E-state index in [1.54, 1.807) is 6.92 Å². The van der Waals surface area contributed by atoms with Gasteiger partial charge in [0.25, 0.3) is 0 Å². The number of ether oxygens (including phenoxy) is 3. The SMILES string of the molecule is C=C(C)C(=O)OCCCc1ccc(-c2ccc(OCCCCOC(=O)C(=C)CO)cc2)c(-c2ccc(CCCCC)cc2)c1. The molecule has 0 aromatic heterocycles. The number of aliphatic hydroxyl groups is 1. The van der Waals surface area contributed by atoms with E-state index in [0.29, 0.717) is 25.2 Å². The van der Waals surface area contributed by atoms with Gasteiger partial charge in [-0.3, -0.25) is 0 Å². The zero-order chi connectivity index (χ0) is 31.7. The van der Waals surface area contributed by atoms with Gasteiger partial charge >= 0.3 is 11.9 Å². The standard InChI is InChI=1S/C38H46O6/c1-5-6-7-11-30-13-16-33(17-14-30)36-26-31(12-10-25-43-37(40)28(2)3)15-22-35(36)32-18-20-34(21-19-32)42-23-8-9-24-44-38(41)29(4)27-39/h13-22,26,39H,2,4-12,23-25,27H2,1,3H3. The zero-order valence-corrected chi connectivity index (χ0v) is 26.2. The zero-order valence-electron chi connectivity index (χ0n) is 26.2. The summed E-state index contributed by atoms with van der Waals surface area (Å²) in [6, 6.07) is 23.6. The highest BCUT2D eigenvalue weighted by Crippen LogP contribution is 2.34. The molecule has 0 radical (unpaired) electrons. The van der Waals surface area contributed by atoms with Crippen molar-refractivity contribution in [1.29, 1.82) is 0 Å². The Morgan fingerprint density at radius 2 is 1.27 bits per heavy atom. The molecule has 0 aliphatic carbocycles. The number of carbonyl (C=O) groups excluding carboxylic acids is 2. The Morgan fingerprint density at radius 1 is 0.682 bits per heavy atom. The Kier molecular flexibility index (Phi) is 14.4. The van der Waals surface area contributed by atoms with Crippen LogP contribution in [0.25, 0.3) is 22.3 Å². The lowest BCUT2D eigenvalue weighted by molar-refractivity contribution is -0.140. The van der Waals surface area contributed by atoms with Crippen LogP contribution < -0.4 is 4.74 Å². The van der Waals surface area contributed by atoms with E-state index < -0.39 is 12.6 Å².